The van der Waals surface area contributed by atoms with E-state index in [9.17, 15) is 14.4 Å². The third-order valence-corrected chi connectivity index (χ3v) is 2.39. The molecule has 0 unspecified atom stereocenters. The first-order valence-corrected chi connectivity index (χ1v) is 6.44. The quantitative estimate of drug-likeness (QED) is 0.455. The predicted octanol–water partition coefficient (Wildman–Crippen LogP) is 1.56. The van der Waals surface area contributed by atoms with Gasteiger partial charge in [-0.3, -0.25) is 0 Å². The zero-order valence-corrected chi connectivity index (χ0v) is 13.1. The second kappa shape index (κ2) is 8.28. The first kappa shape index (κ1) is 18.9. The summed E-state index contributed by atoms with van der Waals surface area (Å²) in [6.45, 7) is 8.67. The van der Waals surface area contributed by atoms with Crippen molar-refractivity contribution in [2.24, 2.45) is 0 Å². The molecule has 0 radical (unpaired) electrons. The van der Waals surface area contributed by atoms with Crippen LogP contribution in [-0.4, -0.2) is 43.9 Å². The molecule has 0 aromatic rings. The van der Waals surface area contributed by atoms with Crippen molar-refractivity contribution in [1.29, 1.82) is 0 Å². The summed E-state index contributed by atoms with van der Waals surface area (Å²) in [5.74, 6) is -1.19. The van der Waals surface area contributed by atoms with Crippen molar-refractivity contribution < 1.29 is 28.6 Å². The van der Waals surface area contributed by atoms with E-state index in [-0.39, 0.29) is 18.4 Å². The number of rotatable bonds is 6. The minimum absolute atomic E-state index is 0.153. The van der Waals surface area contributed by atoms with Crippen LogP contribution in [0.3, 0.4) is 0 Å². The van der Waals surface area contributed by atoms with Crippen LogP contribution in [0.5, 0.6) is 0 Å². The number of ether oxygens (including phenoxy) is 3. The smallest absolute Gasteiger partial charge is 0.408 e. The summed E-state index contributed by atoms with van der Waals surface area (Å²) in [5.41, 5.74) is -0.474. The molecule has 1 N–H and O–H groups in total. The molecule has 120 valence electrons. The lowest BCUT2D eigenvalue weighted by atomic mass is 10.1. The van der Waals surface area contributed by atoms with E-state index < -0.39 is 29.7 Å². The van der Waals surface area contributed by atoms with E-state index in [1.807, 2.05) is 0 Å². The zero-order valence-electron chi connectivity index (χ0n) is 13.1. The Kier molecular flexibility index (Phi) is 7.48. The van der Waals surface area contributed by atoms with Gasteiger partial charge in [-0.15, -0.1) is 0 Å². The van der Waals surface area contributed by atoms with Crippen LogP contribution >= 0.6 is 0 Å². The van der Waals surface area contributed by atoms with E-state index in [0.717, 1.165) is 0 Å². The molecule has 0 bridgehead atoms. The van der Waals surface area contributed by atoms with Gasteiger partial charge < -0.3 is 19.5 Å². The van der Waals surface area contributed by atoms with Crippen molar-refractivity contribution in [3.8, 4) is 0 Å². The summed E-state index contributed by atoms with van der Waals surface area (Å²) in [5, 5.41) is 2.41. The van der Waals surface area contributed by atoms with Gasteiger partial charge in [0.15, 0.2) is 0 Å². The maximum atomic E-state index is 11.7. The lowest BCUT2D eigenvalue weighted by Gasteiger charge is -2.22. The van der Waals surface area contributed by atoms with E-state index in [2.05, 4.69) is 21.4 Å². The van der Waals surface area contributed by atoms with Crippen molar-refractivity contribution in [2.75, 3.05) is 14.2 Å². The number of alkyl carbamates (subject to hydrolysis) is 1. The average Bonchev–Trinajstić information content (AvgIpc) is 2.38. The standard InChI is InChI=1S/C14H23NO6/c1-9(11(16)19-5)7-8-10(12(17)20-6)15-13(18)21-14(2,3)4/h10H,1,7-8H2,2-6H3,(H,15,18)/t10-/m0/s1. The first-order valence-electron chi connectivity index (χ1n) is 6.44. The molecule has 0 aliphatic rings. The number of methoxy groups -OCH3 is 2. The second-order valence-electron chi connectivity index (χ2n) is 5.36. The molecule has 7 heteroatoms. The van der Waals surface area contributed by atoms with Crippen LogP contribution in [-0.2, 0) is 23.8 Å². The van der Waals surface area contributed by atoms with Crippen LogP contribution in [0.1, 0.15) is 33.6 Å². The lowest BCUT2D eigenvalue weighted by Crippen LogP contribution is -2.44. The Morgan fingerprint density at radius 3 is 2.14 bits per heavy atom. The summed E-state index contributed by atoms with van der Waals surface area (Å²) < 4.78 is 14.2. The van der Waals surface area contributed by atoms with Crippen LogP contribution in [0.15, 0.2) is 12.2 Å². The minimum atomic E-state index is -0.925. The van der Waals surface area contributed by atoms with Crippen LogP contribution < -0.4 is 5.32 Å². The molecule has 0 rings (SSSR count). The Hall–Kier alpha value is -2.05. The summed E-state index contributed by atoms with van der Waals surface area (Å²) in [6.07, 6.45) is -0.399. The van der Waals surface area contributed by atoms with Crippen molar-refractivity contribution in [1.82, 2.24) is 5.32 Å². The number of hydrogen-bond acceptors (Lipinski definition) is 6. The van der Waals surface area contributed by atoms with Gasteiger partial charge in [0.25, 0.3) is 0 Å². The van der Waals surface area contributed by atoms with Gasteiger partial charge in [0.2, 0.25) is 0 Å². The van der Waals surface area contributed by atoms with E-state index in [0.29, 0.717) is 0 Å². The fourth-order valence-electron chi connectivity index (χ4n) is 1.41. The highest BCUT2D eigenvalue weighted by Gasteiger charge is 2.25. The second-order valence-corrected chi connectivity index (χ2v) is 5.36. The molecule has 7 nitrogen and oxygen atoms in total. The largest absolute Gasteiger partial charge is 0.467 e. The van der Waals surface area contributed by atoms with E-state index in [1.54, 1.807) is 20.8 Å². The normalized spacial score (nSPS) is 12.0. The number of nitrogens with one attached hydrogen (secondary N) is 1. The summed E-state index contributed by atoms with van der Waals surface area (Å²) in [6, 6.07) is -0.925. The molecule has 0 aliphatic carbocycles. The molecule has 0 saturated heterocycles. The molecule has 0 spiro atoms. The predicted molar refractivity (Wildman–Crippen MR) is 75.6 cm³/mol. The minimum Gasteiger partial charge on any atom is -0.467 e. The number of carbonyl (C=O) groups is 3. The highest BCUT2D eigenvalue weighted by Crippen LogP contribution is 2.11. The molecule has 0 fully saturated rings. The van der Waals surface area contributed by atoms with Gasteiger partial charge in [0.1, 0.15) is 11.6 Å². The molecule has 0 aromatic heterocycles. The molecule has 21 heavy (non-hydrogen) atoms. The Balaban J connectivity index is 4.61. The molecule has 0 heterocycles. The third kappa shape index (κ3) is 7.96. The first-order chi connectivity index (χ1) is 9.60. The van der Waals surface area contributed by atoms with Gasteiger partial charge >= 0.3 is 18.0 Å². The van der Waals surface area contributed by atoms with E-state index in [1.165, 1.54) is 14.2 Å². The Bertz CT molecular complexity index is 410. The number of esters is 2. The van der Waals surface area contributed by atoms with Gasteiger partial charge in [-0.25, -0.2) is 14.4 Å². The van der Waals surface area contributed by atoms with Crippen molar-refractivity contribution in [3.05, 3.63) is 12.2 Å². The highest BCUT2D eigenvalue weighted by atomic mass is 16.6. The zero-order chi connectivity index (χ0) is 16.6. The molecule has 0 aliphatic heterocycles. The summed E-state index contributed by atoms with van der Waals surface area (Å²) in [4.78, 5) is 34.5. The Labute approximate surface area is 124 Å². The Morgan fingerprint density at radius 2 is 1.71 bits per heavy atom. The topological polar surface area (TPSA) is 90.9 Å². The molecular weight excluding hydrogens is 278 g/mol. The van der Waals surface area contributed by atoms with Crippen LogP contribution in [0.25, 0.3) is 0 Å². The van der Waals surface area contributed by atoms with Gasteiger partial charge in [0, 0.05) is 5.57 Å². The van der Waals surface area contributed by atoms with Crippen molar-refractivity contribution in [2.45, 2.75) is 45.3 Å². The van der Waals surface area contributed by atoms with Gasteiger partial charge in [-0.05, 0) is 33.6 Å². The molecule has 0 aromatic carbocycles. The fraction of sp³-hybridized carbons (Fsp3) is 0.643. The Morgan fingerprint density at radius 1 is 1.14 bits per heavy atom. The van der Waals surface area contributed by atoms with Gasteiger partial charge in [0.05, 0.1) is 14.2 Å². The van der Waals surface area contributed by atoms with Gasteiger partial charge in [-0.1, -0.05) is 6.58 Å². The van der Waals surface area contributed by atoms with Crippen molar-refractivity contribution >= 4 is 18.0 Å². The maximum absolute atomic E-state index is 11.7. The van der Waals surface area contributed by atoms with Crippen LogP contribution in [0.2, 0.25) is 0 Å². The van der Waals surface area contributed by atoms with Crippen LogP contribution in [0.4, 0.5) is 4.79 Å². The van der Waals surface area contributed by atoms with E-state index in [4.69, 9.17) is 4.74 Å². The highest BCUT2D eigenvalue weighted by molar-refractivity contribution is 5.88. The fourth-order valence-corrected chi connectivity index (χ4v) is 1.41. The number of hydrogen-bond donors (Lipinski definition) is 1. The number of amides is 1. The van der Waals surface area contributed by atoms with Gasteiger partial charge in [-0.2, -0.15) is 0 Å². The monoisotopic (exact) mass is 301 g/mol. The van der Waals surface area contributed by atoms with Crippen LogP contribution in [0, 0.1) is 0 Å². The third-order valence-electron chi connectivity index (χ3n) is 2.39. The summed E-state index contributed by atoms with van der Waals surface area (Å²) in [7, 11) is 2.45. The number of carbonyl (C=O) groups excluding carboxylic acids is 3. The maximum Gasteiger partial charge on any atom is 0.408 e. The average molecular weight is 301 g/mol. The van der Waals surface area contributed by atoms with E-state index >= 15 is 0 Å². The molecule has 0 saturated carbocycles. The van der Waals surface area contributed by atoms with Crippen molar-refractivity contribution in [3.63, 3.8) is 0 Å². The molecule has 1 amide bonds. The molecule has 1 atom stereocenters. The SMILES string of the molecule is C=C(CC[C@H](NC(=O)OC(C)(C)C)C(=O)OC)C(=O)OC. The molecular formula is C14H23NO6. The lowest BCUT2D eigenvalue weighted by molar-refractivity contribution is -0.143. The summed E-state index contributed by atoms with van der Waals surface area (Å²) >= 11 is 0.